The minimum absolute atomic E-state index is 0.134. The molecular formula is C13H13N5. The van der Waals surface area contributed by atoms with Crippen LogP contribution in [-0.2, 0) is 0 Å². The van der Waals surface area contributed by atoms with Gasteiger partial charge in [0.05, 0.1) is 28.1 Å². The van der Waals surface area contributed by atoms with Gasteiger partial charge in [0.15, 0.2) is 0 Å². The largest absolute Gasteiger partial charge is 0.376 e. The van der Waals surface area contributed by atoms with Crippen molar-refractivity contribution >= 4 is 11.4 Å². The maximum atomic E-state index is 9.18. The van der Waals surface area contributed by atoms with Crippen LogP contribution in [-0.4, -0.2) is 28.2 Å². The Balaban J connectivity index is 3.84. The Hall–Kier alpha value is -2.71. The molecule has 5 heteroatoms. The summed E-state index contributed by atoms with van der Waals surface area (Å²) < 4.78 is 0. The van der Waals surface area contributed by atoms with Crippen molar-refractivity contribution in [1.82, 2.24) is 0 Å². The van der Waals surface area contributed by atoms with Gasteiger partial charge in [-0.15, -0.1) is 0 Å². The Bertz CT molecular complexity index is 550. The highest BCUT2D eigenvalue weighted by molar-refractivity contribution is 5.78. The van der Waals surface area contributed by atoms with Crippen molar-refractivity contribution < 1.29 is 0 Å². The van der Waals surface area contributed by atoms with Gasteiger partial charge in [-0.25, -0.2) is 0 Å². The number of anilines is 2. The minimum atomic E-state index is 0.134. The van der Waals surface area contributed by atoms with E-state index in [-0.39, 0.29) is 16.7 Å². The van der Waals surface area contributed by atoms with Crippen molar-refractivity contribution in [2.45, 2.75) is 0 Å². The van der Waals surface area contributed by atoms with Gasteiger partial charge in [-0.05, 0) is 6.07 Å². The van der Waals surface area contributed by atoms with Gasteiger partial charge in [-0.1, -0.05) is 0 Å². The lowest BCUT2D eigenvalue weighted by atomic mass is 9.98. The monoisotopic (exact) mass is 239 g/mol. The Kier molecular flexibility index (Phi) is 3.77. The van der Waals surface area contributed by atoms with E-state index in [9.17, 15) is 15.8 Å². The molecule has 0 fully saturated rings. The van der Waals surface area contributed by atoms with E-state index in [4.69, 9.17) is 0 Å². The zero-order valence-electron chi connectivity index (χ0n) is 10.8. The van der Waals surface area contributed by atoms with E-state index >= 15 is 0 Å². The fraction of sp³-hybridized carbons (Fsp3) is 0.308. The molecule has 0 spiro atoms. The van der Waals surface area contributed by atoms with Gasteiger partial charge in [0.1, 0.15) is 18.2 Å². The van der Waals surface area contributed by atoms with E-state index in [1.807, 2.05) is 18.2 Å². The molecular weight excluding hydrogens is 226 g/mol. The highest BCUT2D eigenvalue weighted by Gasteiger charge is 2.19. The SMILES string of the molecule is CN(C)c1cc(N(C)C)c(C#N)c(C#N)c1C#N. The summed E-state index contributed by atoms with van der Waals surface area (Å²) in [5, 5.41) is 27.5. The molecule has 0 heterocycles. The molecule has 0 saturated heterocycles. The molecule has 18 heavy (non-hydrogen) atoms. The fourth-order valence-corrected chi connectivity index (χ4v) is 1.70. The average molecular weight is 239 g/mol. The first-order chi connectivity index (χ1) is 8.47. The number of hydrogen-bond donors (Lipinski definition) is 0. The van der Waals surface area contributed by atoms with E-state index in [1.165, 1.54) is 0 Å². The Morgan fingerprint density at radius 2 is 1.06 bits per heavy atom. The van der Waals surface area contributed by atoms with Crippen LogP contribution in [0.25, 0.3) is 0 Å². The van der Waals surface area contributed by atoms with E-state index in [0.717, 1.165) is 0 Å². The lowest BCUT2D eigenvalue weighted by Gasteiger charge is -2.21. The second kappa shape index (κ2) is 5.08. The third-order valence-electron chi connectivity index (χ3n) is 2.58. The first-order valence-electron chi connectivity index (χ1n) is 5.23. The molecule has 0 aliphatic rings. The van der Waals surface area contributed by atoms with Gasteiger partial charge >= 0.3 is 0 Å². The Morgan fingerprint density at radius 3 is 1.28 bits per heavy atom. The van der Waals surface area contributed by atoms with Crippen LogP contribution >= 0.6 is 0 Å². The van der Waals surface area contributed by atoms with Crippen molar-refractivity contribution in [3.8, 4) is 18.2 Å². The van der Waals surface area contributed by atoms with Crippen LogP contribution in [0.2, 0.25) is 0 Å². The summed E-state index contributed by atoms with van der Waals surface area (Å²) in [6.07, 6.45) is 0. The van der Waals surface area contributed by atoms with Crippen molar-refractivity contribution in [1.29, 1.82) is 15.8 Å². The van der Waals surface area contributed by atoms with Gasteiger partial charge in [-0.2, -0.15) is 15.8 Å². The summed E-state index contributed by atoms with van der Waals surface area (Å²) in [4.78, 5) is 3.51. The van der Waals surface area contributed by atoms with Gasteiger partial charge < -0.3 is 9.80 Å². The normalized spacial score (nSPS) is 8.94. The topological polar surface area (TPSA) is 77.8 Å². The third kappa shape index (κ3) is 2.05. The van der Waals surface area contributed by atoms with Crippen molar-refractivity contribution in [3.63, 3.8) is 0 Å². The number of nitrogens with zero attached hydrogens (tertiary/aromatic N) is 5. The van der Waals surface area contributed by atoms with Crippen molar-refractivity contribution in [2.24, 2.45) is 0 Å². The lowest BCUT2D eigenvalue weighted by Crippen LogP contribution is -2.16. The van der Waals surface area contributed by atoms with E-state index in [0.29, 0.717) is 11.4 Å². The van der Waals surface area contributed by atoms with E-state index < -0.39 is 0 Å². The van der Waals surface area contributed by atoms with Gasteiger partial charge in [0.25, 0.3) is 0 Å². The highest BCUT2D eigenvalue weighted by atomic mass is 15.1. The van der Waals surface area contributed by atoms with Crippen LogP contribution in [0.1, 0.15) is 16.7 Å². The predicted molar refractivity (Wildman–Crippen MR) is 69.2 cm³/mol. The summed E-state index contributed by atoms with van der Waals surface area (Å²) >= 11 is 0. The molecule has 90 valence electrons. The quantitative estimate of drug-likeness (QED) is 0.780. The zero-order chi connectivity index (χ0) is 13.9. The van der Waals surface area contributed by atoms with Gasteiger partial charge in [0.2, 0.25) is 0 Å². The average Bonchev–Trinajstić information content (AvgIpc) is 2.35. The zero-order valence-corrected chi connectivity index (χ0v) is 10.8. The molecule has 0 aromatic heterocycles. The molecule has 1 rings (SSSR count). The van der Waals surface area contributed by atoms with Gasteiger partial charge in [-0.3, -0.25) is 0 Å². The Labute approximate surface area is 107 Å². The maximum Gasteiger partial charge on any atom is 0.103 e. The summed E-state index contributed by atoms with van der Waals surface area (Å²) in [5.41, 5.74) is 1.89. The highest BCUT2D eigenvalue weighted by Crippen LogP contribution is 2.32. The second-order valence-electron chi connectivity index (χ2n) is 4.16. The molecule has 0 unspecified atom stereocenters. The molecule has 0 bridgehead atoms. The lowest BCUT2D eigenvalue weighted by molar-refractivity contribution is 1.09. The molecule has 5 nitrogen and oxygen atoms in total. The smallest absolute Gasteiger partial charge is 0.103 e. The molecule has 0 atom stereocenters. The first kappa shape index (κ1) is 13.4. The number of rotatable bonds is 2. The van der Waals surface area contributed by atoms with Crippen LogP contribution in [0.15, 0.2) is 6.07 Å². The minimum Gasteiger partial charge on any atom is -0.376 e. The van der Waals surface area contributed by atoms with E-state index in [1.54, 1.807) is 44.1 Å². The molecule has 0 N–H and O–H groups in total. The first-order valence-corrected chi connectivity index (χ1v) is 5.23. The predicted octanol–water partition coefficient (Wildman–Crippen LogP) is 1.43. The molecule has 0 aliphatic heterocycles. The Morgan fingerprint density at radius 1 is 0.722 bits per heavy atom. The van der Waals surface area contributed by atoms with Crippen LogP contribution in [0.3, 0.4) is 0 Å². The summed E-state index contributed by atoms with van der Waals surface area (Å²) in [5.74, 6) is 0. The van der Waals surface area contributed by atoms with Gasteiger partial charge in [0, 0.05) is 28.2 Å². The van der Waals surface area contributed by atoms with Crippen LogP contribution < -0.4 is 9.80 Å². The molecule has 1 aromatic rings. The molecule has 0 saturated carbocycles. The van der Waals surface area contributed by atoms with Crippen molar-refractivity contribution in [3.05, 3.63) is 22.8 Å². The number of benzene rings is 1. The number of hydrogen-bond acceptors (Lipinski definition) is 5. The second-order valence-corrected chi connectivity index (χ2v) is 4.16. The molecule has 0 amide bonds. The fourth-order valence-electron chi connectivity index (χ4n) is 1.70. The maximum absolute atomic E-state index is 9.18. The molecule has 0 aliphatic carbocycles. The molecule has 1 aromatic carbocycles. The van der Waals surface area contributed by atoms with Crippen molar-refractivity contribution in [2.75, 3.05) is 38.0 Å². The van der Waals surface area contributed by atoms with Crippen LogP contribution in [0.4, 0.5) is 11.4 Å². The standard InChI is InChI=1S/C13H13N5/c1-17(2)12-5-13(18(3)4)11(8-16)9(6-14)10(12)7-15/h5H,1-4H3. The third-order valence-corrected chi connectivity index (χ3v) is 2.58. The molecule has 0 radical (unpaired) electrons. The van der Waals surface area contributed by atoms with E-state index in [2.05, 4.69) is 0 Å². The van der Waals surface area contributed by atoms with Crippen LogP contribution in [0, 0.1) is 34.0 Å². The van der Waals surface area contributed by atoms with Crippen LogP contribution in [0.5, 0.6) is 0 Å². The summed E-state index contributed by atoms with van der Waals surface area (Å²) in [6, 6.07) is 7.71. The summed E-state index contributed by atoms with van der Waals surface area (Å²) in [7, 11) is 7.18. The number of nitriles is 3. The summed E-state index contributed by atoms with van der Waals surface area (Å²) in [6.45, 7) is 0.